The standard InChI is InChI=1S/C21H16BrN3O2S/c22-15-3-4-18-16(8-15)20(26)14(12-27-18)11-25-6-5-17-13(10-25)9-23-21(24-17)19-2-1-7-28-19/h1-4,7-9,12H,5-6,10-11H2. The predicted octanol–water partition coefficient (Wildman–Crippen LogP) is 4.63. The van der Waals surface area contributed by atoms with Crippen LogP contribution in [0.3, 0.4) is 0 Å². The van der Waals surface area contributed by atoms with Crippen LogP contribution in [0.4, 0.5) is 0 Å². The summed E-state index contributed by atoms with van der Waals surface area (Å²) in [7, 11) is 0. The van der Waals surface area contributed by atoms with E-state index < -0.39 is 0 Å². The fraction of sp³-hybridized carbons (Fsp3) is 0.190. The van der Waals surface area contributed by atoms with Crippen LogP contribution in [-0.4, -0.2) is 21.4 Å². The first-order valence-corrected chi connectivity index (χ1v) is 10.7. The lowest BCUT2D eigenvalue weighted by atomic mass is 10.1. The number of thiophene rings is 1. The number of nitrogens with zero attached hydrogens (tertiary/aromatic N) is 3. The van der Waals surface area contributed by atoms with Crippen molar-refractivity contribution < 1.29 is 4.42 Å². The van der Waals surface area contributed by atoms with Gasteiger partial charge in [-0.1, -0.05) is 22.0 Å². The maximum absolute atomic E-state index is 12.8. The number of rotatable bonds is 3. The molecule has 0 atom stereocenters. The van der Waals surface area contributed by atoms with Crippen molar-refractivity contribution in [3.63, 3.8) is 0 Å². The van der Waals surface area contributed by atoms with Gasteiger partial charge in [0.05, 0.1) is 22.2 Å². The van der Waals surface area contributed by atoms with Gasteiger partial charge in [0.2, 0.25) is 0 Å². The van der Waals surface area contributed by atoms with Crippen LogP contribution in [0.25, 0.3) is 21.7 Å². The topological polar surface area (TPSA) is 59.2 Å². The summed E-state index contributed by atoms with van der Waals surface area (Å²) in [5, 5.41) is 2.64. The third-order valence-electron chi connectivity index (χ3n) is 4.95. The highest BCUT2D eigenvalue weighted by molar-refractivity contribution is 9.10. The van der Waals surface area contributed by atoms with Gasteiger partial charge in [-0.2, -0.15) is 0 Å². The molecule has 0 saturated heterocycles. The lowest BCUT2D eigenvalue weighted by molar-refractivity contribution is 0.240. The van der Waals surface area contributed by atoms with Gasteiger partial charge in [-0.15, -0.1) is 11.3 Å². The zero-order valence-electron chi connectivity index (χ0n) is 14.9. The second-order valence-corrected chi connectivity index (χ2v) is 8.70. The molecular weight excluding hydrogens is 438 g/mol. The fourth-order valence-corrected chi connectivity index (χ4v) is 4.55. The van der Waals surface area contributed by atoms with Crippen molar-refractivity contribution in [2.75, 3.05) is 6.54 Å². The lowest BCUT2D eigenvalue weighted by Gasteiger charge is -2.27. The molecule has 7 heteroatoms. The Balaban J connectivity index is 1.39. The Morgan fingerprint density at radius 3 is 3.07 bits per heavy atom. The van der Waals surface area contributed by atoms with E-state index in [2.05, 4.69) is 25.8 Å². The lowest BCUT2D eigenvalue weighted by Crippen LogP contribution is -2.32. The van der Waals surface area contributed by atoms with Crippen molar-refractivity contribution in [1.29, 1.82) is 0 Å². The molecule has 4 aromatic rings. The molecule has 140 valence electrons. The van der Waals surface area contributed by atoms with E-state index in [1.807, 2.05) is 41.9 Å². The van der Waals surface area contributed by atoms with Gasteiger partial charge in [-0.3, -0.25) is 9.69 Å². The van der Waals surface area contributed by atoms with E-state index in [0.717, 1.165) is 45.9 Å². The fourth-order valence-electron chi connectivity index (χ4n) is 3.53. The Labute approximate surface area is 173 Å². The minimum absolute atomic E-state index is 0.0256. The van der Waals surface area contributed by atoms with Crippen LogP contribution in [0.5, 0.6) is 0 Å². The van der Waals surface area contributed by atoms with E-state index in [9.17, 15) is 4.79 Å². The molecular formula is C21H16BrN3O2S. The summed E-state index contributed by atoms with van der Waals surface area (Å²) in [5.74, 6) is 0.794. The van der Waals surface area contributed by atoms with E-state index in [1.165, 1.54) is 0 Å². The van der Waals surface area contributed by atoms with Crippen LogP contribution < -0.4 is 5.43 Å². The summed E-state index contributed by atoms with van der Waals surface area (Å²) in [4.78, 5) is 25.5. The first-order chi connectivity index (χ1) is 13.7. The van der Waals surface area contributed by atoms with Crippen molar-refractivity contribution in [3.05, 3.63) is 79.7 Å². The summed E-state index contributed by atoms with van der Waals surface area (Å²) < 4.78 is 6.55. The van der Waals surface area contributed by atoms with Gasteiger partial charge in [0.25, 0.3) is 0 Å². The molecule has 1 aliphatic rings. The molecule has 1 aliphatic heterocycles. The summed E-state index contributed by atoms with van der Waals surface area (Å²) in [6.45, 7) is 2.14. The molecule has 0 bridgehead atoms. The smallest absolute Gasteiger partial charge is 0.197 e. The van der Waals surface area contributed by atoms with Crippen molar-refractivity contribution in [2.45, 2.75) is 19.5 Å². The molecule has 0 aliphatic carbocycles. The van der Waals surface area contributed by atoms with E-state index in [-0.39, 0.29) is 5.43 Å². The van der Waals surface area contributed by atoms with Crippen LogP contribution in [0.1, 0.15) is 16.8 Å². The first kappa shape index (κ1) is 17.7. The molecule has 0 amide bonds. The second-order valence-electron chi connectivity index (χ2n) is 6.83. The molecule has 0 saturated carbocycles. The maximum Gasteiger partial charge on any atom is 0.197 e. The Morgan fingerprint density at radius 2 is 2.21 bits per heavy atom. The summed E-state index contributed by atoms with van der Waals surface area (Å²) in [6, 6.07) is 9.55. The molecule has 5 rings (SSSR count). The summed E-state index contributed by atoms with van der Waals surface area (Å²) in [6.07, 6.45) is 4.36. The molecule has 28 heavy (non-hydrogen) atoms. The third-order valence-corrected chi connectivity index (χ3v) is 6.31. The Kier molecular flexibility index (Phi) is 4.58. The van der Waals surface area contributed by atoms with E-state index in [0.29, 0.717) is 23.1 Å². The van der Waals surface area contributed by atoms with Crippen LogP contribution in [-0.2, 0) is 19.5 Å². The predicted molar refractivity (Wildman–Crippen MR) is 113 cm³/mol. The number of hydrogen-bond donors (Lipinski definition) is 0. The number of hydrogen-bond acceptors (Lipinski definition) is 6. The summed E-state index contributed by atoms with van der Waals surface area (Å²) >= 11 is 5.07. The highest BCUT2D eigenvalue weighted by Gasteiger charge is 2.20. The van der Waals surface area contributed by atoms with Gasteiger partial charge in [0.1, 0.15) is 5.58 Å². The average Bonchev–Trinajstić information content (AvgIpc) is 3.25. The summed E-state index contributed by atoms with van der Waals surface area (Å²) in [5.41, 5.74) is 3.53. The molecule has 5 nitrogen and oxygen atoms in total. The molecule has 0 unspecified atom stereocenters. The monoisotopic (exact) mass is 453 g/mol. The normalized spacial score (nSPS) is 14.3. The zero-order valence-corrected chi connectivity index (χ0v) is 17.3. The highest BCUT2D eigenvalue weighted by atomic mass is 79.9. The van der Waals surface area contributed by atoms with Crippen molar-refractivity contribution in [2.24, 2.45) is 0 Å². The third kappa shape index (κ3) is 3.30. The minimum atomic E-state index is 0.0256. The van der Waals surface area contributed by atoms with Gasteiger partial charge in [-0.05, 0) is 29.6 Å². The zero-order chi connectivity index (χ0) is 19.1. The first-order valence-electron chi connectivity index (χ1n) is 8.98. The maximum atomic E-state index is 12.8. The van der Waals surface area contributed by atoms with Crippen molar-refractivity contribution in [1.82, 2.24) is 14.9 Å². The molecule has 0 radical (unpaired) electrons. The number of halogens is 1. The van der Waals surface area contributed by atoms with Gasteiger partial charge in [-0.25, -0.2) is 9.97 Å². The van der Waals surface area contributed by atoms with Crippen LogP contribution in [0, 0.1) is 0 Å². The van der Waals surface area contributed by atoms with Crippen molar-refractivity contribution >= 4 is 38.2 Å². The molecule has 1 aromatic carbocycles. The number of fused-ring (bicyclic) bond motifs is 2. The average molecular weight is 454 g/mol. The van der Waals surface area contributed by atoms with Crippen LogP contribution in [0.15, 0.2) is 61.9 Å². The van der Waals surface area contributed by atoms with Gasteiger partial charge in [0, 0.05) is 47.9 Å². The van der Waals surface area contributed by atoms with Crippen LogP contribution >= 0.6 is 27.3 Å². The van der Waals surface area contributed by atoms with Gasteiger partial charge >= 0.3 is 0 Å². The largest absolute Gasteiger partial charge is 0.464 e. The number of benzene rings is 1. The Hall–Kier alpha value is -2.35. The molecule has 0 spiro atoms. The Bertz CT molecular complexity index is 1220. The molecule has 4 heterocycles. The van der Waals surface area contributed by atoms with Gasteiger partial charge in [0.15, 0.2) is 11.3 Å². The molecule has 0 fully saturated rings. The quantitative estimate of drug-likeness (QED) is 0.452. The molecule has 0 N–H and O–H groups in total. The second kappa shape index (κ2) is 7.24. The SMILES string of the molecule is O=c1c(CN2CCc3nc(-c4cccs4)ncc3C2)coc2ccc(Br)cc12. The van der Waals surface area contributed by atoms with E-state index >= 15 is 0 Å². The Morgan fingerprint density at radius 1 is 1.29 bits per heavy atom. The van der Waals surface area contributed by atoms with Crippen LogP contribution in [0.2, 0.25) is 0 Å². The van der Waals surface area contributed by atoms with Crippen molar-refractivity contribution in [3.8, 4) is 10.7 Å². The highest BCUT2D eigenvalue weighted by Crippen LogP contribution is 2.25. The molecule has 3 aromatic heterocycles. The van der Waals surface area contributed by atoms with E-state index in [4.69, 9.17) is 9.40 Å². The van der Waals surface area contributed by atoms with E-state index in [1.54, 1.807) is 17.6 Å². The van der Waals surface area contributed by atoms with Gasteiger partial charge < -0.3 is 4.42 Å². The number of aromatic nitrogens is 2. The minimum Gasteiger partial charge on any atom is -0.464 e.